The van der Waals surface area contributed by atoms with Crippen molar-refractivity contribution in [3.8, 4) is 0 Å². The summed E-state index contributed by atoms with van der Waals surface area (Å²) in [5.41, 5.74) is 0.562. The molecule has 124 valence electrons. The highest BCUT2D eigenvalue weighted by Crippen LogP contribution is 2.40. The van der Waals surface area contributed by atoms with Gasteiger partial charge in [0.2, 0.25) is 0 Å². The summed E-state index contributed by atoms with van der Waals surface area (Å²) >= 11 is 0. The molecule has 0 spiro atoms. The normalized spacial score (nSPS) is 35.0. The van der Waals surface area contributed by atoms with Gasteiger partial charge in [-0.25, -0.2) is 0 Å². The van der Waals surface area contributed by atoms with E-state index in [1.165, 1.54) is 84.0 Å². The van der Waals surface area contributed by atoms with E-state index in [4.69, 9.17) is 0 Å². The molecule has 1 heterocycles. The first kappa shape index (κ1) is 17.3. The average Bonchev–Trinajstić information content (AvgIpc) is 2.51. The molecule has 1 unspecified atom stereocenters. The molecule has 2 rings (SSSR count). The van der Waals surface area contributed by atoms with E-state index >= 15 is 0 Å². The molecule has 2 heteroatoms. The maximum atomic E-state index is 3.76. The van der Waals surface area contributed by atoms with Crippen LogP contribution in [0.25, 0.3) is 0 Å². The van der Waals surface area contributed by atoms with E-state index in [-0.39, 0.29) is 0 Å². The summed E-state index contributed by atoms with van der Waals surface area (Å²) in [6.07, 6.45) is 12.7. The van der Waals surface area contributed by atoms with E-state index in [1.807, 2.05) is 0 Å². The van der Waals surface area contributed by atoms with Crippen LogP contribution in [-0.2, 0) is 0 Å². The average molecular weight is 295 g/mol. The molecule has 0 aromatic rings. The zero-order chi connectivity index (χ0) is 15.1. The Morgan fingerprint density at radius 3 is 2.52 bits per heavy atom. The van der Waals surface area contributed by atoms with Gasteiger partial charge in [-0.05, 0) is 62.9 Å². The largest absolute Gasteiger partial charge is 0.316 e. The summed E-state index contributed by atoms with van der Waals surface area (Å²) in [4.78, 5) is 2.85. The van der Waals surface area contributed by atoms with Crippen LogP contribution in [-0.4, -0.2) is 37.1 Å². The Balaban J connectivity index is 1.97. The van der Waals surface area contributed by atoms with Gasteiger partial charge >= 0.3 is 0 Å². The summed E-state index contributed by atoms with van der Waals surface area (Å²) in [5, 5.41) is 3.76. The van der Waals surface area contributed by atoms with E-state index in [1.54, 1.807) is 0 Å². The van der Waals surface area contributed by atoms with Gasteiger partial charge in [0.05, 0.1) is 0 Å². The van der Waals surface area contributed by atoms with Gasteiger partial charge in [-0.1, -0.05) is 40.0 Å². The van der Waals surface area contributed by atoms with Crippen molar-refractivity contribution >= 4 is 0 Å². The van der Waals surface area contributed by atoms with Crippen LogP contribution in [0.3, 0.4) is 0 Å². The highest BCUT2D eigenvalue weighted by molar-refractivity contribution is 4.91. The summed E-state index contributed by atoms with van der Waals surface area (Å²) in [7, 11) is 0. The highest BCUT2D eigenvalue weighted by Gasteiger charge is 2.37. The van der Waals surface area contributed by atoms with E-state index in [2.05, 4.69) is 31.0 Å². The minimum atomic E-state index is 0.562. The Labute approximate surface area is 133 Å². The van der Waals surface area contributed by atoms with E-state index in [9.17, 15) is 0 Å². The standard InChI is InChI=1S/C19H38N2/c1-4-13-20-15-19(11-9-17(3)10-12-19)16-21-14-7-6-8-18(21)5-2/h17-18,20H,4-16H2,1-3H3. The number of likely N-dealkylation sites (tertiary alicyclic amines) is 1. The molecule has 0 aromatic carbocycles. The van der Waals surface area contributed by atoms with Crippen molar-refractivity contribution in [2.75, 3.05) is 26.2 Å². The van der Waals surface area contributed by atoms with Gasteiger partial charge in [0.25, 0.3) is 0 Å². The predicted molar refractivity (Wildman–Crippen MR) is 92.7 cm³/mol. The van der Waals surface area contributed by atoms with Crippen molar-refractivity contribution < 1.29 is 0 Å². The lowest BCUT2D eigenvalue weighted by atomic mass is 9.70. The van der Waals surface area contributed by atoms with Gasteiger partial charge in [-0.15, -0.1) is 0 Å². The third kappa shape index (κ3) is 4.96. The molecule has 2 fully saturated rings. The molecule has 0 bridgehead atoms. The van der Waals surface area contributed by atoms with Crippen LogP contribution in [0.4, 0.5) is 0 Å². The van der Waals surface area contributed by atoms with Gasteiger partial charge < -0.3 is 5.32 Å². The lowest BCUT2D eigenvalue weighted by Gasteiger charge is -2.46. The lowest BCUT2D eigenvalue weighted by molar-refractivity contribution is 0.0446. The minimum Gasteiger partial charge on any atom is -0.316 e. The Morgan fingerprint density at radius 1 is 1.10 bits per heavy atom. The van der Waals surface area contributed by atoms with Crippen molar-refractivity contribution in [2.45, 2.75) is 84.6 Å². The Hall–Kier alpha value is -0.0800. The Kier molecular flexibility index (Phi) is 7.01. The van der Waals surface area contributed by atoms with Gasteiger partial charge in [0, 0.05) is 19.1 Å². The topological polar surface area (TPSA) is 15.3 Å². The first-order valence-corrected chi connectivity index (χ1v) is 9.64. The zero-order valence-electron chi connectivity index (χ0n) is 14.8. The van der Waals surface area contributed by atoms with Gasteiger partial charge in [0.1, 0.15) is 0 Å². The molecule has 21 heavy (non-hydrogen) atoms. The van der Waals surface area contributed by atoms with Crippen molar-refractivity contribution in [2.24, 2.45) is 11.3 Å². The minimum absolute atomic E-state index is 0.562. The molecule has 1 N–H and O–H groups in total. The first-order chi connectivity index (χ1) is 10.2. The van der Waals surface area contributed by atoms with Crippen LogP contribution < -0.4 is 5.32 Å². The van der Waals surface area contributed by atoms with Crippen molar-refractivity contribution in [1.29, 1.82) is 0 Å². The fourth-order valence-electron chi connectivity index (χ4n) is 4.46. The van der Waals surface area contributed by atoms with Crippen LogP contribution in [0, 0.1) is 11.3 Å². The quantitative estimate of drug-likeness (QED) is 0.698. The third-order valence-corrected chi connectivity index (χ3v) is 6.02. The lowest BCUT2D eigenvalue weighted by Crippen LogP contribution is -2.50. The van der Waals surface area contributed by atoms with E-state index < -0.39 is 0 Å². The highest BCUT2D eigenvalue weighted by atomic mass is 15.2. The second-order valence-electron chi connectivity index (χ2n) is 7.89. The molecule has 1 atom stereocenters. The SMILES string of the molecule is CCCNCC1(CN2CCCCC2CC)CCC(C)CC1. The van der Waals surface area contributed by atoms with Crippen LogP contribution in [0.2, 0.25) is 0 Å². The van der Waals surface area contributed by atoms with Crippen LogP contribution in [0.15, 0.2) is 0 Å². The van der Waals surface area contributed by atoms with Gasteiger partial charge in [-0.3, -0.25) is 4.90 Å². The van der Waals surface area contributed by atoms with E-state index in [0.29, 0.717) is 5.41 Å². The summed E-state index contributed by atoms with van der Waals surface area (Å²) in [6, 6.07) is 0.862. The smallest absolute Gasteiger partial charge is 0.00928 e. The maximum absolute atomic E-state index is 3.76. The monoisotopic (exact) mass is 294 g/mol. The van der Waals surface area contributed by atoms with Crippen molar-refractivity contribution in [1.82, 2.24) is 10.2 Å². The van der Waals surface area contributed by atoms with Crippen LogP contribution in [0.5, 0.6) is 0 Å². The van der Waals surface area contributed by atoms with Crippen LogP contribution in [0.1, 0.15) is 78.6 Å². The van der Waals surface area contributed by atoms with E-state index in [0.717, 1.165) is 12.0 Å². The second kappa shape index (κ2) is 8.53. The number of rotatable bonds is 7. The summed E-state index contributed by atoms with van der Waals surface area (Å²) in [5.74, 6) is 0.952. The molecule has 0 radical (unpaired) electrons. The number of hydrogen-bond acceptors (Lipinski definition) is 2. The molecule has 0 amide bonds. The van der Waals surface area contributed by atoms with Crippen molar-refractivity contribution in [3.63, 3.8) is 0 Å². The molecule has 1 aliphatic carbocycles. The molecule has 1 aliphatic heterocycles. The number of nitrogens with zero attached hydrogens (tertiary/aromatic N) is 1. The molecule has 0 aromatic heterocycles. The summed E-state index contributed by atoms with van der Waals surface area (Å²) in [6.45, 7) is 12.3. The molecular formula is C19H38N2. The molecule has 1 saturated carbocycles. The predicted octanol–water partition coefficient (Wildman–Crippen LogP) is 4.45. The Bertz CT molecular complexity index is 281. The van der Waals surface area contributed by atoms with Gasteiger partial charge in [0.15, 0.2) is 0 Å². The number of nitrogens with one attached hydrogen (secondary N) is 1. The fourth-order valence-corrected chi connectivity index (χ4v) is 4.46. The molecule has 2 aliphatic rings. The molecule has 1 saturated heterocycles. The van der Waals surface area contributed by atoms with Gasteiger partial charge in [-0.2, -0.15) is 0 Å². The fraction of sp³-hybridized carbons (Fsp3) is 1.00. The zero-order valence-corrected chi connectivity index (χ0v) is 14.8. The second-order valence-corrected chi connectivity index (χ2v) is 7.89. The number of hydrogen-bond donors (Lipinski definition) is 1. The number of piperidine rings is 1. The van der Waals surface area contributed by atoms with Crippen molar-refractivity contribution in [3.05, 3.63) is 0 Å². The maximum Gasteiger partial charge on any atom is 0.00928 e. The third-order valence-electron chi connectivity index (χ3n) is 6.02. The summed E-state index contributed by atoms with van der Waals surface area (Å²) < 4.78 is 0. The molecule has 2 nitrogen and oxygen atoms in total. The Morgan fingerprint density at radius 2 is 1.86 bits per heavy atom. The molecular weight excluding hydrogens is 256 g/mol. The van der Waals surface area contributed by atoms with Crippen LogP contribution >= 0.6 is 0 Å². The first-order valence-electron chi connectivity index (χ1n) is 9.64.